The second-order valence-electron chi connectivity index (χ2n) is 4.91. The van der Waals surface area contributed by atoms with Crippen molar-refractivity contribution in [1.29, 1.82) is 0 Å². The molecule has 0 fully saturated rings. The second kappa shape index (κ2) is 5.92. The number of benzene rings is 1. The van der Waals surface area contributed by atoms with Crippen LogP contribution in [-0.4, -0.2) is 20.1 Å². The SMILES string of the molecule is CCN(c1ccccc1)S(=O)(=O)c1cc(-c2ccno2)oc1C. The van der Waals surface area contributed by atoms with Crippen molar-refractivity contribution in [1.82, 2.24) is 5.16 Å². The van der Waals surface area contributed by atoms with E-state index < -0.39 is 10.0 Å². The number of hydrogen-bond acceptors (Lipinski definition) is 5. The summed E-state index contributed by atoms with van der Waals surface area (Å²) in [5, 5.41) is 3.60. The zero-order valence-corrected chi connectivity index (χ0v) is 13.6. The van der Waals surface area contributed by atoms with Gasteiger partial charge in [-0.25, -0.2) is 8.42 Å². The molecule has 3 aromatic rings. The molecule has 2 aromatic heterocycles. The van der Waals surface area contributed by atoms with E-state index in [1.54, 1.807) is 44.2 Å². The molecule has 7 heteroatoms. The molecule has 0 unspecified atom stereocenters. The monoisotopic (exact) mass is 332 g/mol. The minimum Gasteiger partial charge on any atom is -0.456 e. The first kappa shape index (κ1) is 15.4. The molecule has 0 saturated heterocycles. The van der Waals surface area contributed by atoms with Gasteiger partial charge in [0.15, 0.2) is 5.76 Å². The Bertz CT molecular complexity index is 884. The molecule has 0 radical (unpaired) electrons. The van der Waals surface area contributed by atoms with E-state index in [4.69, 9.17) is 8.94 Å². The minimum atomic E-state index is -3.73. The van der Waals surface area contributed by atoms with Gasteiger partial charge in [-0.1, -0.05) is 23.4 Å². The van der Waals surface area contributed by atoms with Gasteiger partial charge in [0.1, 0.15) is 10.7 Å². The van der Waals surface area contributed by atoms with Crippen molar-refractivity contribution < 1.29 is 17.4 Å². The third-order valence-electron chi connectivity index (χ3n) is 3.45. The molecule has 1 aromatic carbocycles. The molecular formula is C16H16N2O4S. The highest BCUT2D eigenvalue weighted by atomic mass is 32.2. The lowest BCUT2D eigenvalue weighted by molar-refractivity contribution is 0.414. The van der Waals surface area contributed by atoms with Crippen LogP contribution in [-0.2, 0) is 10.0 Å². The number of rotatable bonds is 5. The topological polar surface area (TPSA) is 76.6 Å². The molecule has 0 amide bonds. The number of aromatic nitrogens is 1. The Balaban J connectivity index is 2.06. The number of hydrogen-bond donors (Lipinski definition) is 0. The maximum absolute atomic E-state index is 13.0. The molecule has 23 heavy (non-hydrogen) atoms. The van der Waals surface area contributed by atoms with Gasteiger partial charge in [0.25, 0.3) is 10.0 Å². The molecule has 0 saturated carbocycles. The number of nitrogens with zero attached hydrogens (tertiary/aromatic N) is 2. The summed E-state index contributed by atoms with van der Waals surface area (Å²) in [4.78, 5) is 0.120. The predicted octanol–water partition coefficient (Wildman–Crippen LogP) is 3.46. The summed E-state index contributed by atoms with van der Waals surface area (Å²) in [5.74, 6) is 1.03. The molecule has 0 bridgehead atoms. The summed E-state index contributed by atoms with van der Waals surface area (Å²) in [6.07, 6.45) is 1.48. The Kier molecular flexibility index (Phi) is 3.96. The van der Waals surface area contributed by atoms with Gasteiger partial charge in [-0.05, 0) is 26.0 Å². The zero-order valence-electron chi connectivity index (χ0n) is 12.8. The van der Waals surface area contributed by atoms with E-state index in [2.05, 4.69) is 5.16 Å². The molecule has 0 aliphatic heterocycles. The smallest absolute Gasteiger partial charge is 0.267 e. The van der Waals surface area contributed by atoms with Crippen molar-refractivity contribution >= 4 is 15.7 Å². The fourth-order valence-corrected chi connectivity index (χ4v) is 4.03. The number of para-hydroxylation sites is 1. The Morgan fingerprint density at radius 3 is 2.48 bits per heavy atom. The van der Waals surface area contributed by atoms with E-state index in [9.17, 15) is 8.42 Å². The van der Waals surface area contributed by atoms with Crippen LogP contribution < -0.4 is 4.31 Å². The fourth-order valence-electron chi connectivity index (χ4n) is 2.39. The van der Waals surface area contributed by atoms with Gasteiger partial charge in [-0.15, -0.1) is 0 Å². The molecular weight excluding hydrogens is 316 g/mol. The highest BCUT2D eigenvalue weighted by Crippen LogP contribution is 2.31. The summed E-state index contributed by atoms with van der Waals surface area (Å²) >= 11 is 0. The quantitative estimate of drug-likeness (QED) is 0.715. The van der Waals surface area contributed by atoms with Crippen molar-refractivity contribution in [2.24, 2.45) is 0 Å². The Morgan fingerprint density at radius 1 is 1.13 bits per heavy atom. The second-order valence-corrected chi connectivity index (χ2v) is 6.74. The highest BCUT2D eigenvalue weighted by Gasteiger charge is 2.29. The van der Waals surface area contributed by atoms with Crippen molar-refractivity contribution in [2.75, 3.05) is 10.8 Å². The van der Waals surface area contributed by atoms with Crippen LogP contribution in [0.1, 0.15) is 12.7 Å². The molecule has 120 valence electrons. The summed E-state index contributed by atoms with van der Waals surface area (Å²) in [6, 6.07) is 12.0. The number of sulfonamides is 1. The molecule has 0 aliphatic carbocycles. The third kappa shape index (κ3) is 2.75. The van der Waals surface area contributed by atoms with Gasteiger partial charge in [0.2, 0.25) is 5.76 Å². The average molecular weight is 332 g/mol. The van der Waals surface area contributed by atoms with Crippen molar-refractivity contribution in [3.8, 4) is 11.5 Å². The van der Waals surface area contributed by atoms with E-state index in [0.717, 1.165) is 0 Å². The van der Waals surface area contributed by atoms with Crippen LogP contribution in [0, 0.1) is 6.92 Å². The molecule has 0 spiro atoms. The van der Waals surface area contributed by atoms with E-state index >= 15 is 0 Å². The Morgan fingerprint density at radius 2 is 1.87 bits per heavy atom. The summed E-state index contributed by atoms with van der Waals surface area (Å²) in [6.45, 7) is 3.72. The Labute approximate surface area is 134 Å². The lowest BCUT2D eigenvalue weighted by Gasteiger charge is -2.22. The lowest BCUT2D eigenvalue weighted by Crippen LogP contribution is -2.30. The fraction of sp³-hybridized carbons (Fsp3) is 0.188. The van der Waals surface area contributed by atoms with Gasteiger partial charge in [-0.3, -0.25) is 4.31 Å². The van der Waals surface area contributed by atoms with Gasteiger partial charge in [-0.2, -0.15) is 0 Å². The van der Waals surface area contributed by atoms with E-state index in [1.807, 2.05) is 6.07 Å². The molecule has 3 rings (SSSR count). The third-order valence-corrected chi connectivity index (χ3v) is 5.46. The molecule has 0 N–H and O–H groups in total. The Hall–Kier alpha value is -2.54. The van der Waals surface area contributed by atoms with E-state index in [-0.39, 0.29) is 4.90 Å². The first-order valence-corrected chi connectivity index (χ1v) is 8.57. The molecule has 6 nitrogen and oxygen atoms in total. The van der Waals surface area contributed by atoms with Crippen molar-refractivity contribution in [2.45, 2.75) is 18.7 Å². The van der Waals surface area contributed by atoms with Crippen LogP contribution in [0.2, 0.25) is 0 Å². The van der Waals surface area contributed by atoms with E-state index in [1.165, 1.54) is 16.6 Å². The maximum Gasteiger partial charge on any atom is 0.267 e. The minimum absolute atomic E-state index is 0.120. The predicted molar refractivity (Wildman–Crippen MR) is 85.6 cm³/mol. The van der Waals surface area contributed by atoms with Gasteiger partial charge in [0, 0.05) is 18.7 Å². The van der Waals surface area contributed by atoms with Crippen LogP contribution in [0.4, 0.5) is 5.69 Å². The summed E-state index contributed by atoms with van der Waals surface area (Å²) < 4.78 is 37.9. The normalized spacial score (nSPS) is 11.6. The van der Waals surface area contributed by atoms with Crippen LogP contribution in [0.15, 0.2) is 62.5 Å². The van der Waals surface area contributed by atoms with Crippen LogP contribution in [0.25, 0.3) is 11.5 Å². The first-order valence-electron chi connectivity index (χ1n) is 7.13. The zero-order chi connectivity index (χ0) is 16.4. The molecule has 0 atom stereocenters. The maximum atomic E-state index is 13.0. The van der Waals surface area contributed by atoms with Crippen molar-refractivity contribution in [3.05, 3.63) is 54.4 Å². The largest absolute Gasteiger partial charge is 0.456 e. The van der Waals surface area contributed by atoms with Crippen LogP contribution in [0.3, 0.4) is 0 Å². The van der Waals surface area contributed by atoms with Gasteiger partial charge in [0.05, 0.1) is 11.9 Å². The standard InChI is InChI=1S/C16H16N2O4S/c1-3-18(13-7-5-4-6-8-13)23(19,20)16-11-15(21-12(16)2)14-9-10-17-22-14/h4-11H,3H2,1-2H3. The molecule has 0 aliphatic rings. The average Bonchev–Trinajstić information content (AvgIpc) is 3.18. The number of furan rings is 1. The summed E-state index contributed by atoms with van der Waals surface area (Å²) in [7, 11) is -3.73. The van der Waals surface area contributed by atoms with Gasteiger partial charge >= 0.3 is 0 Å². The van der Waals surface area contributed by atoms with Crippen LogP contribution in [0.5, 0.6) is 0 Å². The number of aryl methyl sites for hydroxylation is 1. The highest BCUT2D eigenvalue weighted by molar-refractivity contribution is 7.92. The first-order chi connectivity index (χ1) is 11.0. The van der Waals surface area contributed by atoms with Crippen molar-refractivity contribution in [3.63, 3.8) is 0 Å². The van der Waals surface area contributed by atoms with Crippen LogP contribution >= 0.6 is 0 Å². The number of anilines is 1. The molecule has 2 heterocycles. The lowest BCUT2D eigenvalue weighted by atomic mass is 10.3. The summed E-state index contributed by atoms with van der Waals surface area (Å²) in [5.41, 5.74) is 0.608. The van der Waals surface area contributed by atoms with E-state index in [0.29, 0.717) is 29.5 Å². The van der Waals surface area contributed by atoms with Gasteiger partial charge < -0.3 is 8.94 Å².